The second-order valence-corrected chi connectivity index (χ2v) is 5.65. The Balaban J connectivity index is 1.78. The number of nitrogens with two attached hydrogens (primary N) is 1. The van der Waals surface area contributed by atoms with Crippen molar-refractivity contribution < 1.29 is 18.7 Å². The van der Waals surface area contributed by atoms with Crippen molar-refractivity contribution in [3.05, 3.63) is 35.6 Å². The van der Waals surface area contributed by atoms with E-state index in [0.29, 0.717) is 30.7 Å². The summed E-state index contributed by atoms with van der Waals surface area (Å²) in [6.07, 6.45) is 2.76. The number of esters is 1. The number of carbonyl (C=O) groups excluding carboxylic acids is 2. The fourth-order valence-electron chi connectivity index (χ4n) is 2.42. The largest absolute Gasteiger partial charge is 0.466 e. The first-order valence-electron chi connectivity index (χ1n) is 8.33. The molecule has 7 nitrogen and oxygen atoms in total. The van der Waals surface area contributed by atoms with Crippen molar-refractivity contribution in [2.75, 3.05) is 13.2 Å². The Kier molecular flexibility index (Phi) is 6.56. The fraction of sp³-hybridized carbons (Fsp3) is 0.389. The molecule has 134 valence electrons. The van der Waals surface area contributed by atoms with Gasteiger partial charge in [0, 0.05) is 23.9 Å². The van der Waals surface area contributed by atoms with Crippen molar-refractivity contribution in [2.24, 2.45) is 5.73 Å². The van der Waals surface area contributed by atoms with Crippen LogP contribution in [0.1, 0.15) is 48.7 Å². The van der Waals surface area contributed by atoms with Gasteiger partial charge in [0.25, 0.3) is 5.91 Å². The van der Waals surface area contributed by atoms with Crippen LogP contribution in [0.15, 0.2) is 28.7 Å². The molecule has 0 bridgehead atoms. The fourth-order valence-corrected chi connectivity index (χ4v) is 2.42. The maximum Gasteiger partial charge on any atom is 0.305 e. The van der Waals surface area contributed by atoms with Gasteiger partial charge in [0.1, 0.15) is 11.4 Å². The first kappa shape index (κ1) is 18.5. The monoisotopic (exact) mass is 345 g/mol. The Morgan fingerprint density at radius 2 is 2.04 bits per heavy atom. The van der Waals surface area contributed by atoms with Crippen LogP contribution >= 0.6 is 0 Å². The zero-order chi connectivity index (χ0) is 18.2. The Bertz CT molecular complexity index is 767. The first-order valence-corrected chi connectivity index (χ1v) is 8.33. The third-order valence-corrected chi connectivity index (χ3v) is 3.70. The maximum absolute atomic E-state index is 12.1. The van der Waals surface area contributed by atoms with E-state index in [1.165, 1.54) is 0 Å². The number of rotatable bonds is 9. The Morgan fingerprint density at radius 1 is 1.24 bits per heavy atom. The molecule has 0 aliphatic heterocycles. The van der Waals surface area contributed by atoms with Gasteiger partial charge in [-0.15, -0.1) is 0 Å². The van der Waals surface area contributed by atoms with Crippen LogP contribution < -0.4 is 11.1 Å². The van der Waals surface area contributed by atoms with Crippen molar-refractivity contribution >= 4 is 28.7 Å². The Labute approximate surface area is 146 Å². The van der Waals surface area contributed by atoms with Gasteiger partial charge in [0.2, 0.25) is 0 Å². The standard InChI is InChI=1S/C18H23N3O4/c1-2-24-16(22)6-4-3-5-9-21-18(23)15-11-13-10-12(17(19)20)7-8-14(13)25-15/h7-8,10-11H,2-6,9H2,1H3,(H3,19,20)(H,21,23). The van der Waals surface area contributed by atoms with Crippen LogP contribution in [0.3, 0.4) is 0 Å². The molecule has 2 aromatic rings. The summed E-state index contributed by atoms with van der Waals surface area (Å²) in [5, 5.41) is 11.0. The van der Waals surface area contributed by atoms with Crippen LogP contribution in [0.25, 0.3) is 11.0 Å². The van der Waals surface area contributed by atoms with Crippen molar-refractivity contribution in [3.63, 3.8) is 0 Å². The predicted octanol–water partition coefficient (Wildman–Crippen LogP) is 2.57. The molecule has 1 aromatic carbocycles. The lowest BCUT2D eigenvalue weighted by atomic mass is 10.1. The number of carbonyl (C=O) groups is 2. The van der Waals surface area contributed by atoms with Gasteiger partial charge in [-0.05, 0) is 44.0 Å². The molecule has 0 saturated heterocycles. The molecule has 1 heterocycles. The lowest BCUT2D eigenvalue weighted by Gasteiger charge is -2.03. The smallest absolute Gasteiger partial charge is 0.305 e. The van der Waals surface area contributed by atoms with Crippen LogP contribution in [-0.2, 0) is 9.53 Å². The summed E-state index contributed by atoms with van der Waals surface area (Å²) in [6.45, 7) is 2.70. The topological polar surface area (TPSA) is 118 Å². The van der Waals surface area contributed by atoms with Crippen LogP contribution in [0.5, 0.6) is 0 Å². The van der Waals surface area contributed by atoms with Gasteiger partial charge < -0.3 is 20.2 Å². The van der Waals surface area contributed by atoms with Crippen LogP contribution in [0.4, 0.5) is 0 Å². The Hall–Kier alpha value is -2.83. The maximum atomic E-state index is 12.1. The number of hydrogen-bond donors (Lipinski definition) is 3. The Morgan fingerprint density at radius 3 is 2.76 bits per heavy atom. The highest BCUT2D eigenvalue weighted by Crippen LogP contribution is 2.20. The number of furan rings is 1. The first-order chi connectivity index (χ1) is 12.0. The van der Waals surface area contributed by atoms with Crippen molar-refractivity contribution in [2.45, 2.75) is 32.6 Å². The highest BCUT2D eigenvalue weighted by atomic mass is 16.5. The van der Waals surface area contributed by atoms with Crippen molar-refractivity contribution in [1.29, 1.82) is 5.41 Å². The molecule has 25 heavy (non-hydrogen) atoms. The van der Waals surface area contributed by atoms with E-state index in [9.17, 15) is 9.59 Å². The molecule has 4 N–H and O–H groups in total. The van der Waals surface area contributed by atoms with E-state index >= 15 is 0 Å². The molecule has 0 spiro atoms. The second kappa shape index (κ2) is 8.86. The van der Waals surface area contributed by atoms with E-state index in [2.05, 4.69) is 5.32 Å². The number of amides is 1. The van der Waals surface area contributed by atoms with E-state index in [1.807, 2.05) is 0 Å². The van der Waals surface area contributed by atoms with Crippen LogP contribution in [0.2, 0.25) is 0 Å². The average Bonchev–Trinajstić information content (AvgIpc) is 3.01. The highest BCUT2D eigenvalue weighted by molar-refractivity contribution is 6.00. The van der Waals surface area contributed by atoms with Gasteiger partial charge in [-0.3, -0.25) is 15.0 Å². The van der Waals surface area contributed by atoms with E-state index in [-0.39, 0.29) is 23.5 Å². The number of nitrogen functional groups attached to an aromatic ring is 1. The predicted molar refractivity (Wildman–Crippen MR) is 94.7 cm³/mol. The zero-order valence-corrected chi connectivity index (χ0v) is 14.3. The SMILES string of the molecule is CCOC(=O)CCCCCNC(=O)c1cc2cc(C(=N)N)ccc2o1. The summed E-state index contributed by atoms with van der Waals surface area (Å²) in [4.78, 5) is 23.3. The molecule has 0 unspecified atom stereocenters. The van der Waals surface area contributed by atoms with E-state index in [0.717, 1.165) is 24.6 Å². The number of benzene rings is 1. The third kappa shape index (κ3) is 5.34. The quantitative estimate of drug-likeness (QED) is 0.279. The number of amidine groups is 1. The summed E-state index contributed by atoms with van der Waals surface area (Å²) >= 11 is 0. The summed E-state index contributed by atoms with van der Waals surface area (Å²) < 4.78 is 10.4. The van der Waals surface area contributed by atoms with Crippen LogP contribution in [0, 0.1) is 5.41 Å². The van der Waals surface area contributed by atoms with Gasteiger partial charge in [0.15, 0.2) is 5.76 Å². The van der Waals surface area contributed by atoms with Gasteiger partial charge in [-0.25, -0.2) is 0 Å². The summed E-state index contributed by atoms with van der Waals surface area (Å²) in [5.41, 5.74) is 6.62. The molecule has 0 aliphatic carbocycles. The summed E-state index contributed by atoms with van der Waals surface area (Å²) in [6, 6.07) is 6.73. The van der Waals surface area contributed by atoms with Crippen molar-refractivity contribution in [3.8, 4) is 0 Å². The molecule has 0 saturated carbocycles. The minimum Gasteiger partial charge on any atom is -0.466 e. The number of nitrogens with one attached hydrogen (secondary N) is 2. The minimum absolute atomic E-state index is 0.0306. The molecular weight excluding hydrogens is 322 g/mol. The molecule has 1 amide bonds. The number of unbranched alkanes of at least 4 members (excludes halogenated alkanes) is 2. The number of fused-ring (bicyclic) bond motifs is 1. The lowest BCUT2D eigenvalue weighted by molar-refractivity contribution is -0.143. The molecule has 0 radical (unpaired) electrons. The molecule has 7 heteroatoms. The molecule has 1 aromatic heterocycles. The number of ether oxygens (including phenoxy) is 1. The normalized spacial score (nSPS) is 10.6. The summed E-state index contributed by atoms with van der Waals surface area (Å²) in [7, 11) is 0. The van der Waals surface area contributed by atoms with E-state index in [4.69, 9.17) is 20.3 Å². The van der Waals surface area contributed by atoms with Crippen molar-refractivity contribution in [1.82, 2.24) is 5.32 Å². The van der Waals surface area contributed by atoms with Gasteiger partial charge in [-0.1, -0.05) is 6.42 Å². The summed E-state index contributed by atoms with van der Waals surface area (Å²) in [5.74, 6) is -0.274. The zero-order valence-electron chi connectivity index (χ0n) is 14.3. The lowest BCUT2D eigenvalue weighted by Crippen LogP contribution is -2.23. The number of hydrogen-bond acceptors (Lipinski definition) is 5. The van der Waals surface area contributed by atoms with E-state index in [1.54, 1.807) is 31.2 Å². The third-order valence-electron chi connectivity index (χ3n) is 3.70. The molecular formula is C18H23N3O4. The van der Waals surface area contributed by atoms with Gasteiger partial charge >= 0.3 is 5.97 Å². The highest BCUT2D eigenvalue weighted by Gasteiger charge is 2.12. The van der Waals surface area contributed by atoms with Gasteiger partial charge in [-0.2, -0.15) is 0 Å². The molecule has 0 aliphatic rings. The van der Waals surface area contributed by atoms with E-state index < -0.39 is 0 Å². The molecule has 2 rings (SSSR count). The minimum atomic E-state index is -0.286. The molecule has 0 atom stereocenters. The second-order valence-electron chi connectivity index (χ2n) is 5.65. The van der Waals surface area contributed by atoms with Crippen LogP contribution in [-0.4, -0.2) is 30.9 Å². The average molecular weight is 345 g/mol. The molecule has 0 fully saturated rings. The van der Waals surface area contributed by atoms with Gasteiger partial charge in [0.05, 0.1) is 6.61 Å².